The van der Waals surface area contributed by atoms with Gasteiger partial charge in [-0.2, -0.15) is 0 Å². The number of carbonyl (C=O) groups is 1. The molecule has 3 N–H and O–H groups in total. The predicted molar refractivity (Wildman–Crippen MR) is 95.9 cm³/mol. The van der Waals surface area contributed by atoms with E-state index >= 15 is 0 Å². The summed E-state index contributed by atoms with van der Waals surface area (Å²) in [6.07, 6.45) is 0.568. The second-order valence-electron chi connectivity index (χ2n) is 5.14. The van der Waals surface area contributed by atoms with E-state index in [0.29, 0.717) is 12.1 Å². The summed E-state index contributed by atoms with van der Waals surface area (Å²) in [5.41, 5.74) is 6.42. The second kappa shape index (κ2) is 7.42. The summed E-state index contributed by atoms with van der Waals surface area (Å²) in [6, 6.07) is 10.8. The molecular formula is C16H16Cl2N2O3S. The third-order valence-electron chi connectivity index (χ3n) is 3.52. The fraction of sp³-hybridized carbons (Fsp3) is 0.188. The molecule has 0 aromatic heterocycles. The molecule has 0 saturated carbocycles. The van der Waals surface area contributed by atoms with Crippen LogP contribution in [-0.4, -0.2) is 14.3 Å². The van der Waals surface area contributed by atoms with Crippen molar-refractivity contribution in [2.24, 2.45) is 5.73 Å². The summed E-state index contributed by atoms with van der Waals surface area (Å²) in [5, 5.41) is 0.116. The van der Waals surface area contributed by atoms with Crippen molar-refractivity contribution >= 4 is 44.8 Å². The predicted octanol–water partition coefficient (Wildman–Crippen LogP) is 3.77. The first-order valence-corrected chi connectivity index (χ1v) is 9.36. The summed E-state index contributed by atoms with van der Waals surface area (Å²) >= 11 is 11.8. The van der Waals surface area contributed by atoms with E-state index < -0.39 is 21.8 Å². The zero-order chi connectivity index (χ0) is 17.9. The maximum atomic E-state index is 12.4. The molecule has 0 aliphatic rings. The summed E-state index contributed by atoms with van der Waals surface area (Å²) in [7, 11) is -3.88. The Kier molecular flexibility index (Phi) is 5.74. The highest BCUT2D eigenvalue weighted by Crippen LogP contribution is 2.30. The second-order valence-corrected chi connectivity index (χ2v) is 7.58. The topological polar surface area (TPSA) is 89.3 Å². The molecule has 0 bridgehead atoms. The number of amides is 1. The van der Waals surface area contributed by atoms with Crippen LogP contribution in [0.5, 0.6) is 0 Å². The van der Waals surface area contributed by atoms with E-state index in [1.165, 1.54) is 18.2 Å². The van der Waals surface area contributed by atoms with Crippen molar-refractivity contribution in [1.82, 2.24) is 0 Å². The average Bonchev–Trinajstić information content (AvgIpc) is 2.51. The Hall–Kier alpha value is -1.76. The minimum Gasteiger partial charge on any atom is -0.369 e. The smallest absolute Gasteiger partial charge is 0.263 e. The Labute approximate surface area is 150 Å². The zero-order valence-corrected chi connectivity index (χ0v) is 15.1. The number of sulfonamides is 1. The van der Waals surface area contributed by atoms with Crippen LogP contribution in [0, 0.1) is 0 Å². The number of hydrogen-bond donors (Lipinski definition) is 2. The Morgan fingerprint density at radius 2 is 1.79 bits per heavy atom. The third-order valence-corrected chi connectivity index (χ3v) is 5.88. The molecule has 0 heterocycles. The highest BCUT2D eigenvalue weighted by atomic mass is 35.5. The first-order chi connectivity index (χ1) is 11.3. The Bertz CT molecular complexity index is 852. The number of primary amides is 1. The largest absolute Gasteiger partial charge is 0.369 e. The van der Waals surface area contributed by atoms with Gasteiger partial charge in [-0.05, 0) is 36.2 Å². The molecule has 0 radical (unpaired) electrons. The maximum Gasteiger partial charge on any atom is 0.263 e. The number of nitrogens with one attached hydrogen (secondary N) is 1. The van der Waals surface area contributed by atoms with Crippen molar-refractivity contribution in [2.45, 2.75) is 24.2 Å². The lowest BCUT2D eigenvalue weighted by atomic mass is 9.96. The molecule has 2 rings (SSSR count). The van der Waals surface area contributed by atoms with E-state index in [2.05, 4.69) is 4.72 Å². The molecule has 24 heavy (non-hydrogen) atoms. The van der Waals surface area contributed by atoms with Gasteiger partial charge in [0, 0.05) is 5.69 Å². The van der Waals surface area contributed by atoms with Gasteiger partial charge in [0.25, 0.3) is 10.0 Å². The minimum absolute atomic E-state index is 0.0388. The highest BCUT2D eigenvalue weighted by Gasteiger charge is 2.20. The van der Waals surface area contributed by atoms with Gasteiger partial charge in [-0.15, -0.1) is 0 Å². The number of benzene rings is 2. The Morgan fingerprint density at radius 1 is 1.17 bits per heavy atom. The molecule has 2 aromatic rings. The van der Waals surface area contributed by atoms with E-state index in [9.17, 15) is 13.2 Å². The van der Waals surface area contributed by atoms with Crippen LogP contribution in [-0.2, 0) is 14.8 Å². The van der Waals surface area contributed by atoms with E-state index in [0.717, 1.165) is 5.56 Å². The van der Waals surface area contributed by atoms with Gasteiger partial charge in [-0.25, -0.2) is 8.42 Å². The van der Waals surface area contributed by atoms with Crippen molar-refractivity contribution in [3.05, 3.63) is 58.1 Å². The number of carbonyl (C=O) groups excluding carboxylic acids is 1. The number of rotatable bonds is 6. The molecule has 8 heteroatoms. The van der Waals surface area contributed by atoms with Gasteiger partial charge in [-0.1, -0.05) is 48.3 Å². The molecule has 0 spiro atoms. The lowest BCUT2D eigenvalue weighted by Crippen LogP contribution is -2.20. The number of hydrogen-bond acceptors (Lipinski definition) is 3. The Morgan fingerprint density at radius 3 is 2.33 bits per heavy atom. The van der Waals surface area contributed by atoms with Crippen LogP contribution in [0.2, 0.25) is 10.0 Å². The van der Waals surface area contributed by atoms with Crippen LogP contribution in [0.3, 0.4) is 0 Å². The van der Waals surface area contributed by atoms with Gasteiger partial charge >= 0.3 is 0 Å². The van der Waals surface area contributed by atoms with Crippen molar-refractivity contribution in [2.75, 3.05) is 4.72 Å². The van der Waals surface area contributed by atoms with Crippen LogP contribution in [0.15, 0.2) is 47.4 Å². The van der Waals surface area contributed by atoms with Crippen LogP contribution in [0.1, 0.15) is 24.8 Å². The SMILES string of the molecule is CC[C@H](C(N)=O)c1ccc(NS(=O)(=O)c2cccc(Cl)c2Cl)cc1. The molecule has 0 aliphatic heterocycles. The van der Waals surface area contributed by atoms with Crippen molar-refractivity contribution < 1.29 is 13.2 Å². The van der Waals surface area contributed by atoms with Crippen LogP contribution >= 0.6 is 23.2 Å². The molecule has 0 aliphatic carbocycles. The van der Waals surface area contributed by atoms with Gasteiger partial charge in [0.1, 0.15) is 4.90 Å². The monoisotopic (exact) mass is 386 g/mol. The fourth-order valence-electron chi connectivity index (χ4n) is 2.29. The number of nitrogens with two attached hydrogens (primary N) is 1. The summed E-state index contributed by atoms with van der Waals surface area (Å²) in [6.45, 7) is 1.85. The molecular weight excluding hydrogens is 371 g/mol. The zero-order valence-electron chi connectivity index (χ0n) is 12.8. The van der Waals surface area contributed by atoms with Crippen LogP contribution < -0.4 is 10.5 Å². The lowest BCUT2D eigenvalue weighted by Gasteiger charge is -2.13. The van der Waals surface area contributed by atoms with E-state index in [1.54, 1.807) is 24.3 Å². The molecule has 128 valence electrons. The van der Waals surface area contributed by atoms with E-state index in [4.69, 9.17) is 28.9 Å². The third kappa shape index (κ3) is 4.01. The van der Waals surface area contributed by atoms with Gasteiger partial charge in [0.2, 0.25) is 5.91 Å². The molecule has 5 nitrogen and oxygen atoms in total. The standard InChI is InChI=1S/C16H16Cl2N2O3S/c1-2-12(16(19)21)10-6-8-11(9-7-10)20-24(22,23)14-5-3-4-13(17)15(14)18/h3-9,12,20H,2H2,1H3,(H2,19,21)/t12-/m0/s1. The fourth-order valence-corrected chi connectivity index (χ4v) is 4.11. The normalized spacial score (nSPS) is 12.6. The van der Waals surface area contributed by atoms with Gasteiger partial charge in [0.15, 0.2) is 0 Å². The van der Waals surface area contributed by atoms with E-state index in [-0.39, 0.29) is 14.9 Å². The van der Waals surface area contributed by atoms with Gasteiger partial charge in [0.05, 0.1) is 16.0 Å². The first-order valence-electron chi connectivity index (χ1n) is 7.12. The Balaban J connectivity index is 2.28. The molecule has 1 amide bonds. The van der Waals surface area contributed by atoms with Crippen LogP contribution in [0.4, 0.5) is 5.69 Å². The molecule has 0 fully saturated rings. The summed E-state index contributed by atoms with van der Waals surface area (Å²) in [4.78, 5) is 11.3. The molecule has 1 atom stereocenters. The van der Waals surface area contributed by atoms with E-state index in [1.807, 2.05) is 6.92 Å². The molecule has 2 aromatic carbocycles. The lowest BCUT2D eigenvalue weighted by molar-refractivity contribution is -0.119. The minimum atomic E-state index is -3.88. The number of anilines is 1. The van der Waals surface area contributed by atoms with Crippen LogP contribution in [0.25, 0.3) is 0 Å². The summed E-state index contributed by atoms with van der Waals surface area (Å²) in [5.74, 6) is -0.824. The first kappa shape index (κ1) is 18.6. The van der Waals surface area contributed by atoms with Crippen molar-refractivity contribution in [3.8, 4) is 0 Å². The molecule has 0 unspecified atom stereocenters. The van der Waals surface area contributed by atoms with Gasteiger partial charge in [-0.3, -0.25) is 9.52 Å². The quantitative estimate of drug-likeness (QED) is 0.791. The number of halogens is 2. The van der Waals surface area contributed by atoms with Crippen molar-refractivity contribution in [3.63, 3.8) is 0 Å². The molecule has 0 saturated heterocycles. The van der Waals surface area contributed by atoms with Crippen molar-refractivity contribution in [1.29, 1.82) is 0 Å². The summed E-state index contributed by atoms with van der Waals surface area (Å²) < 4.78 is 27.3. The maximum absolute atomic E-state index is 12.4. The highest BCUT2D eigenvalue weighted by molar-refractivity contribution is 7.92. The van der Waals surface area contributed by atoms with Gasteiger partial charge < -0.3 is 5.73 Å². The average molecular weight is 387 g/mol.